The van der Waals surface area contributed by atoms with Crippen LogP contribution in [0.3, 0.4) is 0 Å². The molecule has 0 radical (unpaired) electrons. The van der Waals surface area contributed by atoms with E-state index in [1.807, 2.05) is 51.1 Å². The molecule has 0 aliphatic carbocycles. The Balaban J connectivity index is 1.47. The topological polar surface area (TPSA) is 162 Å². The van der Waals surface area contributed by atoms with Crippen LogP contribution in [0.2, 0.25) is 0 Å². The molecule has 0 fully saturated rings. The third-order valence-electron chi connectivity index (χ3n) is 7.25. The van der Waals surface area contributed by atoms with Crippen molar-refractivity contribution in [1.82, 2.24) is 20.8 Å². The molecule has 0 saturated carbocycles. The second-order valence-electron chi connectivity index (χ2n) is 12.3. The number of hydrogen-bond donors (Lipinski definition) is 5. The summed E-state index contributed by atoms with van der Waals surface area (Å²) in [6.45, 7) is 9.72. The zero-order valence-corrected chi connectivity index (χ0v) is 29.1. The highest BCUT2D eigenvalue weighted by Crippen LogP contribution is 2.24. The third-order valence-corrected chi connectivity index (χ3v) is 9.65. The number of carbonyl (C=O) groups excluding carboxylic acids is 3. The van der Waals surface area contributed by atoms with Gasteiger partial charge in [0.25, 0.3) is 15.9 Å². The van der Waals surface area contributed by atoms with Gasteiger partial charge in [0, 0.05) is 17.7 Å². The summed E-state index contributed by atoms with van der Waals surface area (Å²) in [7, 11) is -3.86. The Labute approximate surface area is 283 Å². The summed E-state index contributed by atoms with van der Waals surface area (Å²) in [6, 6.07) is 19.8. The van der Waals surface area contributed by atoms with Crippen molar-refractivity contribution in [3.05, 3.63) is 99.5 Å². The average molecular weight is 695 g/mol. The van der Waals surface area contributed by atoms with E-state index >= 15 is 0 Å². The standard InChI is InChI=1S/C33H38N6O5S3/c1-20(2)27(30(42)36-31-37-38-32(45)46-31)35-29(41)26(19-21-9-7-6-8-10-21)34-28(40)22-11-15-24(16-12-22)39-47(43,44)25-17-13-23(14-18-25)33(3,4)5/h6-18,20,26-27,39H,19H2,1-5H3,(H,34,40)(H,35,41)(H,38,45)(H,36,37,42). The van der Waals surface area contributed by atoms with Crippen molar-refractivity contribution < 1.29 is 22.8 Å². The number of aromatic nitrogens is 2. The number of nitrogens with zero attached hydrogens (tertiary/aromatic N) is 1. The lowest BCUT2D eigenvalue weighted by atomic mass is 9.87. The predicted molar refractivity (Wildman–Crippen MR) is 186 cm³/mol. The zero-order chi connectivity index (χ0) is 34.4. The van der Waals surface area contributed by atoms with Crippen LogP contribution in [0.5, 0.6) is 0 Å². The van der Waals surface area contributed by atoms with Crippen molar-refractivity contribution in [1.29, 1.82) is 0 Å². The maximum Gasteiger partial charge on any atom is 0.261 e. The summed E-state index contributed by atoms with van der Waals surface area (Å²) in [6.07, 6.45) is 0.164. The van der Waals surface area contributed by atoms with Gasteiger partial charge in [-0.2, -0.15) is 0 Å². The fourth-order valence-corrected chi connectivity index (χ4v) is 6.44. The van der Waals surface area contributed by atoms with Gasteiger partial charge in [-0.15, -0.1) is 5.10 Å². The van der Waals surface area contributed by atoms with E-state index in [2.05, 4.69) is 30.9 Å². The Morgan fingerprint density at radius 2 is 1.53 bits per heavy atom. The summed E-state index contributed by atoms with van der Waals surface area (Å²) in [5.41, 5.74) is 2.18. The number of sulfonamides is 1. The van der Waals surface area contributed by atoms with Crippen molar-refractivity contribution in [2.75, 3.05) is 10.0 Å². The monoisotopic (exact) mass is 694 g/mol. The van der Waals surface area contributed by atoms with Crippen molar-refractivity contribution in [3.8, 4) is 0 Å². The number of benzene rings is 3. The van der Waals surface area contributed by atoms with Crippen LogP contribution in [0.1, 0.15) is 56.1 Å². The Kier molecular flexibility index (Phi) is 11.3. The van der Waals surface area contributed by atoms with Crippen molar-refractivity contribution in [2.24, 2.45) is 5.92 Å². The fraction of sp³-hybridized carbons (Fsp3) is 0.303. The minimum absolute atomic E-state index is 0.116. The van der Waals surface area contributed by atoms with Crippen LogP contribution >= 0.6 is 23.6 Å². The van der Waals surface area contributed by atoms with Gasteiger partial charge < -0.3 is 10.6 Å². The van der Waals surface area contributed by atoms with Gasteiger partial charge >= 0.3 is 0 Å². The summed E-state index contributed by atoms with van der Waals surface area (Å²) < 4.78 is 28.9. The van der Waals surface area contributed by atoms with Crippen LogP contribution in [0.25, 0.3) is 0 Å². The molecule has 0 aliphatic heterocycles. The van der Waals surface area contributed by atoms with Gasteiger partial charge in [-0.25, -0.2) is 8.42 Å². The van der Waals surface area contributed by atoms with Gasteiger partial charge in [0.2, 0.25) is 16.9 Å². The van der Waals surface area contributed by atoms with Gasteiger partial charge in [0.15, 0.2) is 3.95 Å². The number of amides is 3. The van der Waals surface area contributed by atoms with Crippen molar-refractivity contribution in [2.45, 2.75) is 63.4 Å². The highest BCUT2D eigenvalue weighted by Gasteiger charge is 2.30. The molecule has 0 aliphatic rings. The largest absolute Gasteiger partial charge is 0.342 e. The first-order valence-corrected chi connectivity index (χ1v) is 17.6. The molecule has 1 aromatic heterocycles. The smallest absolute Gasteiger partial charge is 0.261 e. The quantitative estimate of drug-likeness (QED) is 0.124. The Bertz CT molecular complexity index is 1860. The number of carbonyl (C=O) groups is 3. The van der Waals surface area contributed by atoms with Crippen LogP contribution in [-0.2, 0) is 31.4 Å². The molecule has 47 heavy (non-hydrogen) atoms. The Hall–Kier alpha value is -4.40. The first-order chi connectivity index (χ1) is 22.1. The summed E-state index contributed by atoms with van der Waals surface area (Å²) in [5.74, 6) is -1.85. The molecule has 3 amide bonds. The van der Waals surface area contributed by atoms with Crippen molar-refractivity contribution in [3.63, 3.8) is 0 Å². The van der Waals surface area contributed by atoms with E-state index < -0.39 is 39.8 Å². The molecule has 2 unspecified atom stereocenters. The number of anilines is 2. The maximum atomic E-state index is 13.6. The van der Waals surface area contributed by atoms with E-state index in [0.717, 1.165) is 22.5 Å². The van der Waals surface area contributed by atoms with E-state index in [-0.39, 0.29) is 39.0 Å². The normalized spacial score (nSPS) is 13.0. The van der Waals surface area contributed by atoms with Gasteiger partial charge in [-0.3, -0.25) is 29.5 Å². The second-order valence-corrected chi connectivity index (χ2v) is 15.7. The van der Waals surface area contributed by atoms with Crippen LogP contribution in [0.4, 0.5) is 10.8 Å². The molecule has 4 aromatic rings. The highest BCUT2D eigenvalue weighted by atomic mass is 32.2. The molecule has 11 nitrogen and oxygen atoms in total. The molecular formula is C33H38N6O5S3. The molecule has 1 heterocycles. The van der Waals surface area contributed by atoms with E-state index in [4.69, 9.17) is 12.2 Å². The first-order valence-electron chi connectivity index (χ1n) is 14.9. The van der Waals surface area contributed by atoms with Crippen LogP contribution < -0.4 is 20.7 Å². The molecule has 4 rings (SSSR count). The lowest BCUT2D eigenvalue weighted by molar-refractivity contribution is -0.128. The Morgan fingerprint density at radius 1 is 0.894 bits per heavy atom. The fourth-order valence-electron chi connectivity index (χ4n) is 4.59. The summed E-state index contributed by atoms with van der Waals surface area (Å²) in [4.78, 5) is 40.1. The first kappa shape index (κ1) is 35.5. The number of H-pyrrole nitrogens is 1. The highest BCUT2D eigenvalue weighted by molar-refractivity contribution is 7.92. The van der Waals surface area contributed by atoms with E-state index in [0.29, 0.717) is 3.95 Å². The van der Waals surface area contributed by atoms with Gasteiger partial charge in [-0.05, 0) is 71.1 Å². The summed E-state index contributed by atoms with van der Waals surface area (Å²) in [5, 5.41) is 15.0. The van der Waals surface area contributed by atoms with Crippen LogP contribution in [0, 0.1) is 9.87 Å². The predicted octanol–water partition coefficient (Wildman–Crippen LogP) is 5.42. The van der Waals surface area contributed by atoms with Crippen LogP contribution in [-0.4, -0.2) is 48.4 Å². The number of hydrogen-bond acceptors (Lipinski definition) is 8. The minimum atomic E-state index is -3.86. The van der Waals surface area contributed by atoms with E-state index in [9.17, 15) is 22.8 Å². The van der Waals surface area contributed by atoms with E-state index in [1.54, 1.807) is 38.1 Å². The molecular weight excluding hydrogens is 657 g/mol. The minimum Gasteiger partial charge on any atom is -0.342 e. The molecule has 0 saturated heterocycles. The molecule has 3 aromatic carbocycles. The summed E-state index contributed by atoms with van der Waals surface area (Å²) >= 11 is 6.11. The van der Waals surface area contributed by atoms with Gasteiger partial charge in [-0.1, -0.05) is 88.4 Å². The molecule has 14 heteroatoms. The Morgan fingerprint density at radius 3 is 2.09 bits per heavy atom. The second kappa shape index (κ2) is 15.0. The molecule has 248 valence electrons. The van der Waals surface area contributed by atoms with Crippen molar-refractivity contribution >= 4 is 62.1 Å². The average Bonchev–Trinajstić information content (AvgIpc) is 3.43. The van der Waals surface area contributed by atoms with Gasteiger partial charge in [0.05, 0.1) is 4.90 Å². The molecule has 2 atom stereocenters. The lowest BCUT2D eigenvalue weighted by Gasteiger charge is -2.25. The van der Waals surface area contributed by atoms with Crippen LogP contribution in [0.15, 0.2) is 83.8 Å². The SMILES string of the molecule is CC(C)C(NC(=O)C(Cc1ccccc1)NC(=O)c1ccc(NS(=O)(=O)c2ccc(C(C)(C)C)cc2)cc1)C(=O)Nc1n[nH]c(=S)s1. The van der Waals surface area contributed by atoms with Gasteiger partial charge in [0.1, 0.15) is 12.1 Å². The molecule has 0 spiro atoms. The number of aromatic amines is 1. The third kappa shape index (κ3) is 9.80. The number of rotatable bonds is 12. The molecule has 5 N–H and O–H groups in total. The lowest BCUT2D eigenvalue weighted by Crippen LogP contribution is -2.55. The number of nitrogens with one attached hydrogen (secondary N) is 5. The van der Waals surface area contributed by atoms with E-state index in [1.165, 1.54) is 24.3 Å². The maximum absolute atomic E-state index is 13.6. The molecule has 0 bridgehead atoms. The zero-order valence-electron chi connectivity index (χ0n) is 26.7.